The number of carboxylic acid groups (broad SMARTS) is 1. The second kappa shape index (κ2) is 10.9. The summed E-state index contributed by atoms with van der Waals surface area (Å²) in [6.45, 7) is 10.3. The molecule has 1 aromatic heterocycles. The van der Waals surface area contributed by atoms with Gasteiger partial charge in [-0.05, 0) is 44.7 Å². The number of alkyl halides is 3. The van der Waals surface area contributed by atoms with Gasteiger partial charge in [0.25, 0.3) is 0 Å². The van der Waals surface area contributed by atoms with Crippen molar-refractivity contribution in [3.05, 3.63) is 59.3 Å². The Morgan fingerprint density at radius 3 is 2.31 bits per heavy atom. The van der Waals surface area contributed by atoms with Crippen LogP contribution < -0.4 is 0 Å². The molecular weight excluding hydrogens is 379 g/mol. The van der Waals surface area contributed by atoms with Gasteiger partial charge < -0.3 is 9.67 Å². The van der Waals surface area contributed by atoms with Crippen LogP contribution in [0, 0.1) is 5.92 Å². The first kappa shape index (κ1) is 24.5. The molecule has 0 fully saturated rings. The van der Waals surface area contributed by atoms with Gasteiger partial charge in [0.05, 0.1) is 0 Å². The van der Waals surface area contributed by atoms with E-state index in [9.17, 15) is 23.1 Å². The van der Waals surface area contributed by atoms with Crippen LogP contribution in [0.3, 0.4) is 0 Å². The molecule has 0 bridgehead atoms. The van der Waals surface area contributed by atoms with E-state index in [1.54, 1.807) is 0 Å². The minimum atomic E-state index is -4.13. The van der Waals surface area contributed by atoms with Crippen molar-refractivity contribution in [1.82, 2.24) is 4.57 Å². The fraction of sp³-hybridized carbons (Fsp3) is 0.435. The molecule has 2 rings (SSSR count). The smallest absolute Gasteiger partial charge is 0.409 e. The van der Waals surface area contributed by atoms with Crippen LogP contribution in [0.5, 0.6) is 0 Å². The predicted molar refractivity (Wildman–Crippen MR) is 112 cm³/mol. The number of rotatable bonds is 6. The van der Waals surface area contributed by atoms with E-state index in [0.717, 1.165) is 35.4 Å². The largest absolute Gasteiger partial charge is 0.477 e. The molecule has 0 aliphatic heterocycles. The summed E-state index contributed by atoms with van der Waals surface area (Å²) in [6.07, 6.45) is 0.906. The van der Waals surface area contributed by atoms with Gasteiger partial charge in [0.1, 0.15) is 5.69 Å². The van der Waals surface area contributed by atoms with Crippen LogP contribution in [0.1, 0.15) is 57.1 Å². The van der Waals surface area contributed by atoms with Gasteiger partial charge >= 0.3 is 12.1 Å². The zero-order valence-corrected chi connectivity index (χ0v) is 17.7. The minimum absolute atomic E-state index is 0.188. The van der Waals surface area contributed by atoms with Crippen molar-refractivity contribution in [2.75, 3.05) is 0 Å². The highest BCUT2D eigenvalue weighted by Gasteiger charge is 2.23. The molecule has 160 valence electrons. The summed E-state index contributed by atoms with van der Waals surface area (Å²) >= 11 is 0. The number of benzene rings is 1. The van der Waals surface area contributed by atoms with Crippen molar-refractivity contribution in [2.24, 2.45) is 5.92 Å². The maximum Gasteiger partial charge on any atom is 0.409 e. The lowest BCUT2D eigenvalue weighted by atomic mass is 9.96. The Morgan fingerprint density at radius 1 is 1.24 bits per heavy atom. The lowest BCUT2D eigenvalue weighted by molar-refractivity contribution is -0.0799. The number of carboxylic acids is 1. The number of hydrogen-bond donors (Lipinski definition) is 1. The topological polar surface area (TPSA) is 42.2 Å². The molecule has 1 atom stereocenters. The van der Waals surface area contributed by atoms with Crippen molar-refractivity contribution in [3.8, 4) is 0 Å². The van der Waals surface area contributed by atoms with Gasteiger partial charge in [-0.1, -0.05) is 56.2 Å². The fourth-order valence-electron chi connectivity index (χ4n) is 3.01. The first-order valence-corrected chi connectivity index (χ1v) is 9.71. The summed E-state index contributed by atoms with van der Waals surface area (Å²) in [7, 11) is 0. The van der Waals surface area contributed by atoms with Crippen LogP contribution in [0.4, 0.5) is 13.2 Å². The number of hydrogen-bond acceptors (Lipinski definition) is 1. The van der Waals surface area contributed by atoms with Gasteiger partial charge in [0.2, 0.25) is 0 Å². The third-order valence-corrected chi connectivity index (χ3v) is 4.78. The summed E-state index contributed by atoms with van der Waals surface area (Å²) in [5.41, 5.74) is 3.60. The molecular formula is C23H30F3NO2. The average Bonchev–Trinajstić information content (AvgIpc) is 2.94. The molecule has 3 nitrogen and oxygen atoms in total. The average molecular weight is 409 g/mol. The zero-order chi connectivity index (χ0) is 22.2. The van der Waals surface area contributed by atoms with E-state index in [1.165, 1.54) is 12.5 Å². The molecule has 0 radical (unpaired) electrons. The van der Waals surface area contributed by atoms with E-state index >= 15 is 0 Å². The second-order valence-electron chi connectivity index (χ2n) is 7.13. The Hall–Kier alpha value is -2.50. The SMILES string of the molecule is C/C=C(\C)Cn1c(C(=O)O)c(CC(C)CC)c2ccccc21.C/C=C/C(F)(F)F. The first-order valence-electron chi connectivity index (χ1n) is 9.71. The molecule has 1 heterocycles. The number of carbonyl (C=O) groups is 1. The first-order chi connectivity index (χ1) is 13.6. The summed E-state index contributed by atoms with van der Waals surface area (Å²) in [4.78, 5) is 11.9. The van der Waals surface area contributed by atoms with E-state index in [2.05, 4.69) is 13.8 Å². The molecule has 0 aliphatic carbocycles. The van der Waals surface area contributed by atoms with E-state index in [-0.39, 0.29) is 6.08 Å². The van der Waals surface area contributed by atoms with Crippen LogP contribution in [0.15, 0.2) is 48.1 Å². The Bertz CT molecular complexity index is 876. The normalized spacial score (nSPS) is 13.4. The lowest BCUT2D eigenvalue weighted by Gasteiger charge is -2.11. The van der Waals surface area contributed by atoms with Crippen molar-refractivity contribution >= 4 is 16.9 Å². The molecule has 29 heavy (non-hydrogen) atoms. The summed E-state index contributed by atoms with van der Waals surface area (Å²) in [5, 5.41) is 10.9. The number of nitrogens with zero attached hydrogens (tertiary/aromatic N) is 1. The van der Waals surface area contributed by atoms with E-state index in [0.29, 0.717) is 18.2 Å². The summed E-state index contributed by atoms with van der Waals surface area (Å²) in [5.74, 6) is -0.362. The Balaban J connectivity index is 0.000000516. The van der Waals surface area contributed by atoms with Crippen LogP contribution >= 0.6 is 0 Å². The van der Waals surface area contributed by atoms with E-state index in [1.807, 2.05) is 48.8 Å². The molecule has 0 spiro atoms. The highest BCUT2D eigenvalue weighted by molar-refractivity contribution is 5.98. The number of para-hydroxylation sites is 1. The van der Waals surface area contributed by atoms with Crippen LogP contribution in [0.2, 0.25) is 0 Å². The van der Waals surface area contributed by atoms with E-state index < -0.39 is 12.1 Å². The third kappa shape index (κ3) is 7.11. The molecule has 1 N–H and O–H groups in total. The number of aromatic nitrogens is 1. The quantitative estimate of drug-likeness (QED) is 0.521. The second-order valence-corrected chi connectivity index (χ2v) is 7.13. The Kier molecular flexibility index (Phi) is 9.21. The monoisotopic (exact) mass is 409 g/mol. The maximum absolute atomic E-state index is 11.9. The number of halogens is 3. The number of aromatic carboxylic acids is 1. The lowest BCUT2D eigenvalue weighted by Crippen LogP contribution is -2.12. The minimum Gasteiger partial charge on any atom is -0.477 e. The van der Waals surface area contributed by atoms with Gasteiger partial charge in [-0.2, -0.15) is 13.2 Å². The van der Waals surface area contributed by atoms with Crippen molar-refractivity contribution in [3.63, 3.8) is 0 Å². The molecule has 0 aliphatic rings. The number of allylic oxidation sites excluding steroid dienone is 4. The summed E-state index contributed by atoms with van der Waals surface area (Å²) in [6, 6.07) is 8.02. The van der Waals surface area contributed by atoms with Crippen LogP contribution in [-0.4, -0.2) is 21.8 Å². The predicted octanol–water partition coefficient (Wildman–Crippen LogP) is 7.02. The van der Waals surface area contributed by atoms with Crippen LogP contribution in [0.25, 0.3) is 10.9 Å². The van der Waals surface area contributed by atoms with Gasteiger partial charge in [0, 0.05) is 23.5 Å². The van der Waals surface area contributed by atoms with Crippen molar-refractivity contribution < 1.29 is 23.1 Å². The molecule has 2 aromatic rings. The third-order valence-electron chi connectivity index (χ3n) is 4.78. The highest BCUT2D eigenvalue weighted by atomic mass is 19.4. The molecule has 6 heteroatoms. The molecule has 0 saturated carbocycles. The summed E-state index contributed by atoms with van der Waals surface area (Å²) < 4.78 is 34.9. The van der Waals surface area contributed by atoms with E-state index in [4.69, 9.17) is 0 Å². The highest BCUT2D eigenvalue weighted by Crippen LogP contribution is 2.30. The standard InChI is InChI=1S/C19H25NO2.C4H5F3/c1-5-13(3)11-16-15-9-7-8-10-17(15)20(12-14(4)6-2)18(16)19(21)22;1-2-3-4(5,6)7/h6-10,13H,5,11-12H2,1-4H3,(H,21,22);2-3H,1H3/b14-6+;3-2+. The fourth-order valence-corrected chi connectivity index (χ4v) is 3.01. The van der Waals surface area contributed by atoms with Gasteiger partial charge in [-0.15, -0.1) is 0 Å². The number of fused-ring (bicyclic) bond motifs is 1. The molecule has 1 aromatic carbocycles. The van der Waals surface area contributed by atoms with Gasteiger partial charge in [-0.25, -0.2) is 4.79 Å². The van der Waals surface area contributed by atoms with Crippen molar-refractivity contribution in [2.45, 2.75) is 60.2 Å². The van der Waals surface area contributed by atoms with Crippen LogP contribution in [-0.2, 0) is 13.0 Å². The Morgan fingerprint density at radius 2 is 1.86 bits per heavy atom. The van der Waals surface area contributed by atoms with Gasteiger partial charge in [0.15, 0.2) is 0 Å². The zero-order valence-electron chi connectivity index (χ0n) is 17.7. The molecule has 0 amide bonds. The maximum atomic E-state index is 11.9. The Labute approximate surface area is 170 Å². The van der Waals surface area contributed by atoms with Gasteiger partial charge in [-0.3, -0.25) is 0 Å². The van der Waals surface area contributed by atoms with Crippen molar-refractivity contribution in [1.29, 1.82) is 0 Å². The molecule has 1 unspecified atom stereocenters. The molecule has 0 saturated heterocycles.